The lowest BCUT2D eigenvalue weighted by molar-refractivity contribution is -0.0887. The normalized spacial score (nSPS) is 25.5. The van der Waals surface area contributed by atoms with Gasteiger partial charge in [0.15, 0.2) is 0 Å². The maximum atomic E-state index is 13.4. The van der Waals surface area contributed by atoms with Crippen LogP contribution in [0.5, 0.6) is 0 Å². The van der Waals surface area contributed by atoms with Gasteiger partial charge in [-0.2, -0.15) is 5.10 Å². The molecule has 1 saturated carbocycles. The lowest BCUT2D eigenvalue weighted by Crippen LogP contribution is -2.54. The van der Waals surface area contributed by atoms with Crippen LogP contribution in [0.4, 0.5) is 0 Å². The van der Waals surface area contributed by atoms with Crippen LogP contribution in [0, 0.1) is 5.92 Å². The van der Waals surface area contributed by atoms with Crippen molar-refractivity contribution in [2.45, 2.75) is 57.5 Å². The molecule has 0 unspecified atom stereocenters. The topological polar surface area (TPSA) is 58.4 Å². The molecule has 2 aliphatic rings. The van der Waals surface area contributed by atoms with Crippen LogP contribution in [0.25, 0.3) is 5.69 Å². The number of rotatable bonds is 3. The summed E-state index contributed by atoms with van der Waals surface area (Å²) in [6.07, 6.45) is 4.81. The molecule has 5 nitrogen and oxygen atoms in total. The molecular weight excluding hydrogens is 338 g/mol. The van der Waals surface area contributed by atoms with Crippen molar-refractivity contribution in [2.24, 2.45) is 5.92 Å². The van der Waals surface area contributed by atoms with E-state index >= 15 is 0 Å². The summed E-state index contributed by atoms with van der Waals surface area (Å²) in [5.74, 6) is 0.471. The van der Waals surface area contributed by atoms with Crippen LogP contribution in [-0.4, -0.2) is 44.4 Å². The molecule has 2 atom stereocenters. The molecular formula is C22H29N3O2. The predicted octanol–water partition coefficient (Wildman–Crippen LogP) is 3.76. The highest BCUT2D eigenvalue weighted by atomic mass is 16.3. The molecule has 2 aromatic rings. The summed E-state index contributed by atoms with van der Waals surface area (Å²) in [5, 5.41) is 15.6. The van der Waals surface area contributed by atoms with Crippen LogP contribution in [0.15, 0.2) is 36.4 Å². The Labute approximate surface area is 161 Å². The van der Waals surface area contributed by atoms with Gasteiger partial charge >= 0.3 is 0 Å². The summed E-state index contributed by atoms with van der Waals surface area (Å²) in [4.78, 5) is 15.3. The Bertz CT molecular complexity index is 814. The average molecular weight is 367 g/mol. The van der Waals surface area contributed by atoms with E-state index in [9.17, 15) is 9.90 Å². The van der Waals surface area contributed by atoms with Crippen LogP contribution < -0.4 is 0 Å². The Kier molecular flexibility index (Phi) is 4.81. The van der Waals surface area contributed by atoms with Gasteiger partial charge < -0.3 is 10.0 Å². The van der Waals surface area contributed by atoms with Gasteiger partial charge in [0.05, 0.1) is 17.0 Å². The first-order valence-electron chi connectivity index (χ1n) is 10.1. The highest BCUT2D eigenvalue weighted by Crippen LogP contribution is 2.40. The number of nitrogens with zero attached hydrogens (tertiary/aromatic N) is 3. The minimum Gasteiger partial charge on any atom is -0.389 e. The Morgan fingerprint density at radius 2 is 2.00 bits per heavy atom. The van der Waals surface area contributed by atoms with Crippen molar-refractivity contribution in [1.29, 1.82) is 0 Å². The number of amides is 1. The van der Waals surface area contributed by atoms with Crippen LogP contribution in [-0.2, 0) is 0 Å². The summed E-state index contributed by atoms with van der Waals surface area (Å²) in [6, 6.07) is 11.8. The number of aromatic nitrogens is 2. The molecule has 0 bridgehead atoms. The summed E-state index contributed by atoms with van der Waals surface area (Å²) in [5.41, 5.74) is 1.87. The number of benzene rings is 1. The summed E-state index contributed by atoms with van der Waals surface area (Å²) >= 11 is 0. The molecule has 4 rings (SSSR count). The van der Waals surface area contributed by atoms with Crippen LogP contribution >= 0.6 is 0 Å². The second-order valence-electron chi connectivity index (χ2n) is 8.40. The maximum Gasteiger partial charge on any atom is 0.272 e. The van der Waals surface area contributed by atoms with Crippen molar-refractivity contribution >= 4 is 5.91 Å². The van der Waals surface area contributed by atoms with Gasteiger partial charge in [0.25, 0.3) is 5.91 Å². The van der Waals surface area contributed by atoms with Crippen molar-refractivity contribution in [3.8, 4) is 5.69 Å². The van der Waals surface area contributed by atoms with Gasteiger partial charge in [0.2, 0.25) is 0 Å². The van der Waals surface area contributed by atoms with E-state index in [1.54, 1.807) is 4.68 Å². The number of fused-ring (bicyclic) bond motifs is 1. The zero-order chi connectivity index (χ0) is 19.0. The third-order valence-corrected chi connectivity index (χ3v) is 6.25. The Hall–Kier alpha value is -2.14. The minimum absolute atomic E-state index is 0.0193. The van der Waals surface area contributed by atoms with Crippen LogP contribution in [0.3, 0.4) is 0 Å². The van der Waals surface area contributed by atoms with Crippen molar-refractivity contribution in [1.82, 2.24) is 14.7 Å². The molecule has 1 amide bonds. The van der Waals surface area contributed by atoms with Gasteiger partial charge in [-0.3, -0.25) is 4.79 Å². The highest BCUT2D eigenvalue weighted by molar-refractivity contribution is 5.93. The summed E-state index contributed by atoms with van der Waals surface area (Å²) < 4.78 is 1.78. The third-order valence-electron chi connectivity index (χ3n) is 6.25. The van der Waals surface area contributed by atoms with Crippen molar-refractivity contribution in [3.63, 3.8) is 0 Å². The fraction of sp³-hybridized carbons (Fsp3) is 0.545. The molecule has 1 aromatic heterocycles. The fourth-order valence-electron chi connectivity index (χ4n) is 4.52. The molecule has 27 heavy (non-hydrogen) atoms. The van der Waals surface area contributed by atoms with Crippen molar-refractivity contribution < 1.29 is 9.90 Å². The van der Waals surface area contributed by atoms with E-state index in [1.165, 1.54) is 0 Å². The number of para-hydroxylation sites is 1. The minimum atomic E-state index is -0.572. The zero-order valence-corrected chi connectivity index (χ0v) is 16.3. The molecule has 0 spiro atoms. The molecule has 144 valence electrons. The maximum absolute atomic E-state index is 13.4. The van der Waals surface area contributed by atoms with E-state index < -0.39 is 5.60 Å². The smallest absolute Gasteiger partial charge is 0.272 e. The summed E-state index contributed by atoms with van der Waals surface area (Å²) in [6.45, 7) is 5.44. The number of carbonyl (C=O) groups is 1. The van der Waals surface area contributed by atoms with Gasteiger partial charge in [0, 0.05) is 19.0 Å². The number of likely N-dealkylation sites (tertiary alicyclic amines) is 1. The van der Waals surface area contributed by atoms with Crippen LogP contribution in [0.2, 0.25) is 0 Å². The van der Waals surface area contributed by atoms with E-state index in [4.69, 9.17) is 5.10 Å². The van der Waals surface area contributed by atoms with E-state index in [0.717, 1.165) is 37.1 Å². The fourth-order valence-corrected chi connectivity index (χ4v) is 4.52. The predicted molar refractivity (Wildman–Crippen MR) is 105 cm³/mol. The molecule has 1 aliphatic carbocycles. The Balaban J connectivity index is 1.64. The van der Waals surface area contributed by atoms with E-state index in [-0.39, 0.29) is 17.7 Å². The first-order chi connectivity index (χ1) is 13.0. The van der Waals surface area contributed by atoms with E-state index in [0.29, 0.717) is 25.2 Å². The molecule has 1 aliphatic heterocycles. The SMILES string of the molecule is CC(C)c1cc(C(=O)N2CC[C@@]3(O)CCCC[C@H]3C2)n(-c2ccccc2)n1. The average Bonchev–Trinajstić information content (AvgIpc) is 3.13. The van der Waals surface area contributed by atoms with Crippen LogP contribution in [0.1, 0.15) is 68.1 Å². The van der Waals surface area contributed by atoms with Gasteiger partial charge in [-0.1, -0.05) is 44.9 Å². The number of aliphatic hydroxyl groups is 1. The van der Waals surface area contributed by atoms with Gasteiger partial charge in [0.1, 0.15) is 5.69 Å². The second kappa shape index (κ2) is 7.12. The highest BCUT2D eigenvalue weighted by Gasteiger charge is 2.44. The third kappa shape index (κ3) is 3.41. The lowest BCUT2D eigenvalue weighted by atomic mass is 9.71. The van der Waals surface area contributed by atoms with Crippen molar-refractivity contribution in [3.05, 3.63) is 47.8 Å². The van der Waals surface area contributed by atoms with E-state index in [1.807, 2.05) is 41.3 Å². The van der Waals surface area contributed by atoms with Crippen molar-refractivity contribution in [2.75, 3.05) is 13.1 Å². The molecule has 1 saturated heterocycles. The molecule has 1 aromatic carbocycles. The molecule has 2 fully saturated rings. The molecule has 0 radical (unpaired) electrons. The Morgan fingerprint density at radius 1 is 1.22 bits per heavy atom. The number of hydrogen-bond donors (Lipinski definition) is 1. The van der Waals surface area contributed by atoms with E-state index in [2.05, 4.69) is 13.8 Å². The van der Waals surface area contributed by atoms with Gasteiger partial charge in [-0.05, 0) is 43.4 Å². The number of piperidine rings is 1. The Morgan fingerprint density at radius 3 is 2.74 bits per heavy atom. The first kappa shape index (κ1) is 18.2. The standard InChI is InChI=1S/C22H29N3O2/c1-16(2)19-14-20(25(23-19)18-9-4-3-5-10-18)21(26)24-13-12-22(27)11-7-6-8-17(22)15-24/h3-5,9-10,14,16-17,27H,6-8,11-13,15H2,1-2H3/t17-,22-/m0/s1. The monoisotopic (exact) mass is 367 g/mol. The second-order valence-corrected chi connectivity index (χ2v) is 8.40. The largest absolute Gasteiger partial charge is 0.389 e. The quantitative estimate of drug-likeness (QED) is 0.898. The zero-order valence-electron chi connectivity index (χ0n) is 16.3. The van der Waals surface area contributed by atoms with Gasteiger partial charge in [-0.25, -0.2) is 4.68 Å². The molecule has 5 heteroatoms. The van der Waals surface area contributed by atoms with Gasteiger partial charge in [-0.15, -0.1) is 0 Å². The lowest BCUT2D eigenvalue weighted by Gasteiger charge is -2.47. The molecule has 1 N–H and O–H groups in total. The number of carbonyl (C=O) groups excluding carboxylic acids is 1. The first-order valence-corrected chi connectivity index (χ1v) is 10.1. The molecule has 2 heterocycles. The number of hydrogen-bond acceptors (Lipinski definition) is 3. The summed E-state index contributed by atoms with van der Waals surface area (Å²) in [7, 11) is 0.